The zero-order chi connectivity index (χ0) is 16.4. The Bertz CT molecular complexity index is 565. The van der Waals surface area contributed by atoms with Gasteiger partial charge in [-0.15, -0.1) is 24.0 Å². The predicted octanol–water partition coefficient (Wildman–Crippen LogP) is 3.20. The van der Waals surface area contributed by atoms with Crippen LogP contribution in [0.3, 0.4) is 0 Å². The predicted molar refractivity (Wildman–Crippen MR) is 101 cm³/mol. The van der Waals surface area contributed by atoms with E-state index in [1.54, 1.807) is 24.9 Å². The lowest BCUT2D eigenvalue weighted by molar-refractivity contribution is -0.137. The fourth-order valence-electron chi connectivity index (χ4n) is 1.54. The molecule has 0 spiro atoms. The van der Waals surface area contributed by atoms with E-state index in [4.69, 9.17) is 0 Å². The van der Waals surface area contributed by atoms with Gasteiger partial charge in [-0.3, -0.25) is 4.99 Å². The maximum absolute atomic E-state index is 12.6. The third kappa shape index (κ3) is 8.95. The first-order valence-corrected chi connectivity index (χ1v) is 7.96. The van der Waals surface area contributed by atoms with Crippen molar-refractivity contribution in [1.82, 2.24) is 10.6 Å². The molecular formula is C15H19F3IN3S. The molecule has 0 bridgehead atoms. The molecule has 3 nitrogen and oxygen atoms in total. The lowest BCUT2D eigenvalue weighted by Gasteiger charge is -2.08. The Hall–Kier alpha value is -1.08. The van der Waals surface area contributed by atoms with Gasteiger partial charge in [0.15, 0.2) is 5.96 Å². The summed E-state index contributed by atoms with van der Waals surface area (Å²) in [5, 5.41) is 6.08. The lowest BCUT2D eigenvalue weighted by atomic mass is 10.1. The van der Waals surface area contributed by atoms with E-state index in [1.165, 1.54) is 6.07 Å². The van der Waals surface area contributed by atoms with Gasteiger partial charge in [-0.25, -0.2) is 0 Å². The van der Waals surface area contributed by atoms with Crippen molar-refractivity contribution in [1.29, 1.82) is 0 Å². The average molecular weight is 457 g/mol. The highest BCUT2D eigenvalue weighted by Gasteiger charge is 2.30. The highest BCUT2D eigenvalue weighted by atomic mass is 127. The summed E-state index contributed by atoms with van der Waals surface area (Å²) in [5.41, 5.74) is -0.358. The van der Waals surface area contributed by atoms with Crippen molar-refractivity contribution in [2.24, 2.45) is 4.99 Å². The molecule has 0 saturated carbocycles. The maximum Gasteiger partial charge on any atom is 0.416 e. The summed E-state index contributed by atoms with van der Waals surface area (Å²) in [6.45, 7) is 1.08. The number of guanidine groups is 1. The van der Waals surface area contributed by atoms with Crippen LogP contribution in [0.2, 0.25) is 0 Å². The number of halogens is 4. The molecule has 0 atom stereocenters. The molecule has 2 N–H and O–H groups in total. The molecule has 0 aliphatic heterocycles. The molecule has 0 radical (unpaired) electrons. The Morgan fingerprint density at radius 2 is 2.04 bits per heavy atom. The van der Waals surface area contributed by atoms with Crippen LogP contribution < -0.4 is 10.6 Å². The molecule has 0 aliphatic carbocycles. The topological polar surface area (TPSA) is 36.4 Å². The van der Waals surface area contributed by atoms with Gasteiger partial charge in [0.05, 0.1) is 12.1 Å². The Kier molecular flexibility index (Phi) is 10.9. The monoisotopic (exact) mass is 457 g/mol. The van der Waals surface area contributed by atoms with E-state index in [-0.39, 0.29) is 24.0 Å². The van der Waals surface area contributed by atoms with E-state index in [1.807, 2.05) is 6.26 Å². The van der Waals surface area contributed by atoms with Crippen molar-refractivity contribution >= 4 is 41.7 Å². The molecule has 0 saturated heterocycles. The van der Waals surface area contributed by atoms with E-state index in [0.717, 1.165) is 24.4 Å². The molecular weight excluding hydrogens is 438 g/mol. The van der Waals surface area contributed by atoms with E-state index >= 15 is 0 Å². The zero-order valence-corrected chi connectivity index (χ0v) is 16.0. The molecule has 0 amide bonds. The standard InChI is InChI=1S/C15H18F3N3S.HI/c1-19-14(21-9-10-22-2)20-8-4-6-12-5-3-7-13(11-12)15(16,17)18;/h3,5,7,11H,8-10H2,1-2H3,(H2,19,20,21);1H. The number of aliphatic imine (C=N–C) groups is 1. The Labute approximate surface area is 155 Å². The highest BCUT2D eigenvalue weighted by Crippen LogP contribution is 2.29. The highest BCUT2D eigenvalue weighted by molar-refractivity contribution is 14.0. The molecule has 0 unspecified atom stereocenters. The molecule has 0 aliphatic rings. The minimum absolute atomic E-state index is 0. The van der Waals surface area contributed by atoms with E-state index in [2.05, 4.69) is 27.5 Å². The summed E-state index contributed by atoms with van der Waals surface area (Å²) >= 11 is 1.72. The quantitative estimate of drug-likeness (QED) is 0.240. The van der Waals surface area contributed by atoms with Crippen LogP contribution in [-0.2, 0) is 6.18 Å². The van der Waals surface area contributed by atoms with Gasteiger partial charge in [-0.2, -0.15) is 24.9 Å². The van der Waals surface area contributed by atoms with Crippen molar-refractivity contribution < 1.29 is 13.2 Å². The summed E-state index contributed by atoms with van der Waals surface area (Å²) in [5.74, 6) is 7.06. The van der Waals surface area contributed by atoms with Gasteiger partial charge in [0.2, 0.25) is 0 Å². The van der Waals surface area contributed by atoms with Crippen molar-refractivity contribution in [2.45, 2.75) is 6.18 Å². The minimum atomic E-state index is -4.35. The minimum Gasteiger partial charge on any atom is -0.356 e. The second kappa shape index (κ2) is 11.5. The first kappa shape index (κ1) is 21.9. The van der Waals surface area contributed by atoms with Gasteiger partial charge < -0.3 is 10.6 Å². The molecule has 0 fully saturated rings. The van der Waals surface area contributed by atoms with Crippen molar-refractivity contribution in [3.63, 3.8) is 0 Å². The fraction of sp³-hybridized carbons (Fsp3) is 0.400. The number of alkyl halides is 3. The molecule has 8 heteroatoms. The van der Waals surface area contributed by atoms with Gasteiger partial charge in [0, 0.05) is 24.9 Å². The zero-order valence-electron chi connectivity index (χ0n) is 12.8. The number of nitrogens with zero attached hydrogens (tertiary/aromatic N) is 1. The molecule has 1 aromatic rings. The van der Waals surface area contributed by atoms with Gasteiger partial charge in [0.1, 0.15) is 0 Å². The summed E-state index contributed by atoms with van der Waals surface area (Å²) in [4.78, 5) is 4.02. The number of rotatable bonds is 4. The van der Waals surface area contributed by atoms with E-state index in [0.29, 0.717) is 18.1 Å². The second-order valence-corrected chi connectivity index (χ2v) is 5.21. The average Bonchev–Trinajstić information content (AvgIpc) is 2.49. The normalized spacial score (nSPS) is 11.1. The number of benzene rings is 1. The Morgan fingerprint density at radius 3 is 2.65 bits per heavy atom. The molecule has 23 heavy (non-hydrogen) atoms. The molecule has 0 aromatic heterocycles. The second-order valence-electron chi connectivity index (χ2n) is 4.23. The van der Waals surface area contributed by atoms with Gasteiger partial charge in [-0.1, -0.05) is 17.9 Å². The summed E-state index contributed by atoms with van der Waals surface area (Å²) in [6, 6.07) is 4.97. The number of thioether (sulfide) groups is 1. The molecule has 1 rings (SSSR count). The van der Waals surface area contributed by atoms with Crippen LogP contribution in [0.1, 0.15) is 11.1 Å². The first-order valence-electron chi connectivity index (χ1n) is 6.57. The molecule has 1 aromatic carbocycles. The molecule has 128 valence electrons. The third-order valence-corrected chi connectivity index (χ3v) is 3.20. The van der Waals surface area contributed by atoms with Crippen LogP contribution in [0.5, 0.6) is 0 Å². The van der Waals surface area contributed by atoms with Crippen LogP contribution in [0, 0.1) is 11.8 Å². The van der Waals surface area contributed by atoms with Crippen LogP contribution in [0.15, 0.2) is 29.3 Å². The van der Waals surface area contributed by atoms with E-state index < -0.39 is 11.7 Å². The van der Waals surface area contributed by atoms with Crippen LogP contribution in [-0.4, -0.2) is 38.1 Å². The van der Waals surface area contributed by atoms with Crippen LogP contribution in [0.25, 0.3) is 0 Å². The van der Waals surface area contributed by atoms with Crippen LogP contribution >= 0.6 is 35.7 Å². The van der Waals surface area contributed by atoms with Gasteiger partial charge in [-0.05, 0) is 24.5 Å². The number of hydrogen-bond donors (Lipinski definition) is 2. The smallest absolute Gasteiger partial charge is 0.356 e. The largest absolute Gasteiger partial charge is 0.416 e. The summed E-state index contributed by atoms with van der Waals surface area (Å²) in [6.07, 6.45) is -2.34. The number of nitrogens with one attached hydrogen (secondary N) is 2. The van der Waals surface area contributed by atoms with Gasteiger partial charge in [0.25, 0.3) is 0 Å². The Morgan fingerprint density at radius 1 is 1.30 bits per heavy atom. The van der Waals surface area contributed by atoms with E-state index in [9.17, 15) is 13.2 Å². The first-order chi connectivity index (χ1) is 10.5. The maximum atomic E-state index is 12.6. The van der Waals surface area contributed by atoms with Crippen molar-refractivity contribution in [2.75, 3.05) is 32.1 Å². The Balaban J connectivity index is 0.00000484. The lowest BCUT2D eigenvalue weighted by Crippen LogP contribution is -2.38. The SMILES string of the molecule is CN=C(NCC#Cc1cccc(C(F)(F)F)c1)NCCSC.I. The summed E-state index contributed by atoms with van der Waals surface area (Å²) in [7, 11) is 1.65. The third-order valence-electron chi connectivity index (χ3n) is 2.59. The van der Waals surface area contributed by atoms with Crippen molar-refractivity contribution in [3.05, 3.63) is 35.4 Å². The van der Waals surface area contributed by atoms with Crippen LogP contribution in [0.4, 0.5) is 13.2 Å². The van der Waals surface area contributed by atoms with Gasteiger partial charge >= 0.3 is 6.18 Å². The molecule has 0 heterocycles. The summed E-state index contributed by atoms with van der Waals surface area (Å²) < 4.78 is 37.7. The number of hydrogen-bond acceptors (Lipinski definition) is 2. The van der Waals surface area contributed by atoms with Crippen molar-refractivity contribution in [3.8, 4) is 11.8 Å². The fourth-order valence-corrected chi connectivity index (χ4v) is 1.85.